The van der Waals surface area contributed by atoms with Crippen LogP contribution in [0.3, 0.4) is 0 Å². The minimum absolute atomic E-state index is 0. The number of imidazole rings is 1. The van der Waals surface area contributed by atoms with Crippen molar-refractivity contribution in [2.45, 2.75) is 13.8 Å². The summed E-state index contributed by atoms with van der Waals surface area (Å²) in [6.45, 7) is 3.80. The minimum atomic E-state index is 0. The van der Waals surface area contributed by atoms with Gasteiger partial charge in [-0.2, -0.15) is 6.92 Å². The van der Waals surface area contributed by atoms with Crippen molar-refractivity contribution in [3.63, 3.8) is 0 Å². The second-order valence-electron chi connectivity index (χ2n) is 3.15. The predicted molar refractivity (Wildman–Crippen MR) is 50.8 cm³/mol. The normalized spacial score (nSPS) is 9.93. The molecule has 0 aliphatic rings. The minimum Gasteiger partial charge on any atom is -0.459 e. The number of hydrogen-bond acceptors (Lipinski definition) is 3. The summed E-state index contributed by atoms with van der Waals surface area (Å²) in [6.07, 6.45) is 1.79. The number of nitrogens with two attached hydrogens (primary N) is 1. The number of nitrogens with one attached hydrogen (secondary N) is 1. The fraction of sp³-hybridized carbons (Fsp3) is 0.222. The summed E-state index contributed by atoms with van der Waals surface area (Å²) in [4.78, 5) is 11.5. The molecule has 0 spiro atoms. The molecule has 0 saturated carbocycles. The first-order valence-electron chi connectivity index (χ1n) is 4.08. The van der Waals surface area contributed by atoms with E-state index in [9.17, 15) is 0 Å². The first-order valence-corrected chi connectivity index (χ1v) is 4.08. The first-order chi connectivity index (χ1) is 6.16. The second kappa shape index (κ2) is 4.38. The molecule has 2 aromatic rings. The molecule has 0 atom stereocenters. The van der Waals surface area contributed by atoms with Gasteiger partial charge in [0.15, 0.2) is 5.65 Å². The third-order valence-electron chi connectivity index (χ3n) is 1.85. The molecule has 0 aliphatic carbocycles. The summed E-state index contributed by atoms with van der Waals surface area (Å²) in [5.74, 6) is 0.702. The molecule has 0 aliphatic heterocycles. The second-order valence-corrected chi connectivity index (χ2v) is 3.15. The van der Waals surface area contributed by atoms with Crippen LogP contribution in [-0.4, -0.2) is 15.0 Å². The molecular formula is C9H11N4Y-. The predicted octanol–water partition coefficient (Wildman–Crippen LogP) is 1.12. The average Bonchev–Trinajstić information content (AvgIpc) is 2.46. The number of fused-ring (bicyclic) bond motifs is 1. The summed E-state index contributed by atoms with van der Waals surface area (Å²) in [5, 5.41) is 0. The number of aryl methyl sites for hydroxylation is 1. The topological polar surface area (TPSA) is 67.6 Å². The van der Waals surface area contributed by atoms with Crippen LogP contribution >= 0.6 is 0 Å². The Morgan fingerprint density at radius 3 is 2.86 bits per heavy atom. The molecule has 5 heteroatoms. The summed E-state index contributed by atoms with van der Waals surface area (Å²) in [5.41, 5.74) is 8.36. The number of rotatable bonds is 1. The van der Waals surface area contributed by atoms with Gasteiger partial charge >= 0.3 is 0 Å². The van der Waals surface area contributed by atoms with Crippen molar-refractivity contribution >= 4 is 11.2 Å². The Balaban J connectivity index is 0.000000980. The molecule has 2 aromatic heterocycles. The Bertz CT molecular complexity index is 435. The van der Waals surface area contributed by atoms with Crippen LogP contribution in [0.4, 0.5) is 0 Å². The molecule has 0 saturated heterocycles. The molecule has 14 heavy (non-hydrogen) atoms. The van der Waals surface area contributed by atoms with E-state index in [4.69, 9.17) is 5.73 Å². The Kier molecular flexibility index (Phi) is 3.64. The van der Waals surface area contributed by atoms with Crippen LogP contribution in [0.15, 0.2) is 12.3 Å². The molecule has 0 unspecified atom stereocenters. The van der Waals surface area contributed by atoms with Gasteiger partial charge in [0.2, 0.25) is 0 Å². The van der Waals surface area contributed by atoms with E-state index in [0.717, 1.165) is 11.1 Å². The molecule has 0 aromatic carbocycles. The zero-order chi connectivity index (χ0) is 9.42. The molecule has 2 rings (SSSR count). The molecule has 4 nitrogen and oxygen atoms in total. The van der Waals surface area contributed by atoms with Crippen molar-refractivity contribution < 1.29 is 32.7 Å². The summed E-state index contributed by atoms with van der Waals surface area (Å²) in [7, 11) is 0. The number of aromatic amines is 1. The number of aromatic nitrogens is 3. The van der Waals surface area contributed by atoms with Crippen molar-refractivity contribution in [1.29, 1.82) is 0 Å². The molecule has 0 bridgehead atoms. The maximum atomic E-state index is 5.61. The number of nitrogens with zero attached hydrogens (tertiary/aromatic N) is 2. The third kappa shape index (κ3) is 2.13. The molecule has 0 amide bonds. The van der Waals surface area contributed by atoms with E-state index >= 15 is 0 Å². The van der Waals surface area contributed by atoms with Crippen molar-refractivity contribution in [2.75, 3.05) is 0 Å². The molecule has 1 radical (unpaired) electrons. The van der Waals surface area contributed by atoms with E-state index in [1.165, 1.54) is 0 Å². The summed E-state index contributed by atoms with van der Waals surface area (Å²) >= 11 is 0. The number of H-pyrrole nitrogens is 1. The maximum Gasteiger partial charge on any atom is 0.175 e. The van der Waals surface area contributed by atoms with Gasteiger partial charge < -0.3 is 10.7 Å². The van der Waals surface area contributed by atoms with Crippen LogP contribution in [0, 0.1) is 13.0 Å². The van der Waals surface area contributed by atoms with Gasteiger partial charge in [-0.3, -0.25) is 6.04 Å². The van der Waals surface area contributed by atoms with Gasteiger partial charge in [-0.1, -0.05) is 0 Å². The molecule has 2 heterocycles. The van der Waals surface area contributed by atoms with Crippen LogP contribution < -0.4 is 5.73 Å². The maximum absolute atomic E-state index is 5.61. The van der Waals surface area contributed by atoms with Crippen molar-refractivity contribution in [3.8, 4) is 0 Å². The molecule has 0 fully saturated rings. The molecule has 71 valence electrons. The fourth-order valence-corrected chi connectivity index (χ4v) is 1.19. The van der Waals surface area contributed by atoms with Gasteiger partial charge in [-0.25, -0.2) is 9.97 Å². The van der Waals surface area contributed by atoms with Gasteiger partial charge in [0.05, 0.1) is 5.52 Å². The van der Waals surface area contributed by atoms with E-state index in [-0.39, 0.29) is 32.7 Å². The van der Waals surface area contributed by atoms with Gasteiger partial charge in [-0.05, 0) is 24.4 Å². The Morgan fingerprint density at radius 2 is 2.21 bits per heavy atom. The van der Waals surface area contributed by atoms with E-state index in [1.807, 2.05) is 19.9 Å². The Hall–Kier alpha value is -0.446. The monoisotopic (exact) mass is 264 g/mol. The molecule has 3 N–H and O–H groups in total. The smallest absolute Gasteiger partial charge is 0.175 e. The average molecular weight is 264 g/mol. The zero-order valence-corrected chi connectivity index (χ0v) is 11.0. The van der Waals surface area contributed by atoms with Crippen molar-refractivity contribution in [1.82, 2.24) is 15.0 Å². The van der Waals surface area contributed by atoms with Crippen LogP contribution in [0.1, 0.15) is 18.3 Å². The van der Waals surface area contributed by atoms with E-state index in [1.54, 1.807) is 6.20 Å². The summed E-state index contributed by atoms with van der Waals surface area (Å²) in [6, 6.07) is 2.68. The molecular weight excluding hydrogens is 253 g/mol. The van der Waals surface area contributed by atoms with Crippen LogP contribution in [0.2, 0.25) is 0 Å². The fourth-order valence-electron chi connectivity index (χ4n) is 1.19. The van der Waals surface area contributed by atoms with Gasteiger partial charge in [0.1, 0.15) is 0 Å². The van der Waals surface area contributed by atoms with E-state index in [2.05, 4.69) is 15.0 Å². The third-order valence-corrected chi connectivity index (χ3v) is 1.85. The SMILES string of the molecule is Cc1cnc2nc([C-](C)N)[nH]c2c1.[Y]. The van der Waals surface area contributed by atoms with Gasteiger partial charge in [-0.15, -0.1) is 0 Å². The number of hydrogen-bond donors (Lipinski definition) is 2. The van der Waals surface area contributed by atoms with Crippen LogP contribution in [0.25, 0.3) is 11.2 Å². The van der Waals surface area contributed by atoms with Crippen LogP contribution in [-0.2, 0) is 32.7 Å². The summed E-state index contributed by atoms with van der Waals surface area (Å²) < 4.78 is 0. The van der Waals surface area contributed by atoms with E-state index in [0.29, 0.717) is 17.5 Å². The first kappa shape index (κ1) is 11.6. The quantitative estimate of drug-likeness (QED) is 0.758. The van der Waals surface area contributed by atoms with Gasteiger partial charge in [0, 0.05) is 38.9 Å². The van der Waals surface area contributed by atoms with Crippen LogP contribution in [0.5, 0.6) is 0 Å². The van der Waals surface area contributed by atoms with E-state index < -0.39 is 0 Å². The largest absolute Gasteiger partial charge is 0.459 e. The standard InChI is InChI=1S/C9H11N4.Y/c1-5-3-7-9(11-4-5)13-8(12-7)6(2)10;/h3-4H,10H2,1-2H3,(H,11,12,13);/q-1;. The zero-order valence-electron chi connectivity index (χ0n) is 8.20. The van der Waals surface area contributed by atoms with Crippen molar-refractivity contribution in [2.24, 2.45) is 5.73 Å². The Labute approximate surface area is 108 Å². The number of pyridine rings is 1. The Morgan fingerprint density at radius 1 is 1.50 bits per heavy atom. The van der Waals surface area contributed by atoms with Gasteiger partial charge in [0.25, 0.3) is 0 Å². The van der Waals surface area contributed by atoms with Crippen molar-refractivity contribution in [3.05, 3.63) is 29.7 Å².